The molecule has 0 aliphatic heterocycles. The van der Waals surface area contributed by atoms with E-state index in [0.717, 1.165) is 11.3 Å². The van der Waals surface area contributed by atoms with E-state index in [1.165, 1.54) is 18.3 Å². The van der Waals surface area contributed by atoms with Crippen LogP contribution in [0.2, 0.25) is 0 Å². The molecule has 1 aromatic carbocycles. The molecule has 0 spiro atoms. The first-order chi connectivity index (χ1) is 10.3. The number of amides is 1. The van der Waals surface area contributed by atoms with Gasteiger partial charge in [0.25, 0.3) is 5.91 Å². The zero-order valence-electron chi connectivity index (χ0n) is 13.0. The highest BCUT2D eigenvalue weighted by Gasteiger charge is 2.11. The molecule has 0 radical (unpaired) electrons. The van der Waals surface area contributed by atoms with Gasteiger partial charge < -0.3 is 15.0 Å². The van der Waals surface area contributed by atoms with E-state index < -0.39 is 0 Å². The Morgan fingerprint density at radius 2 is 1.82 bits per heavy atom. The predicted octanol–water partition coefficient (Wildman–Crippen LogP) is 2.48. The number of ether oxygens (including phenoxy) is 1. The van der Waals surface area contributed by atoms with Crippen LogP contribution in [0.15, 0.2) is 47.4 Å². The quantitative estimate of drug-likeness (QED) is 0.911. The molecule has 1 heterocycles. The number of aromatic nitrogens is 1. The van der Waals surface area contributed by atoms with Crippen LogP contribution in [0.4, 0.5) is 0 Å². The summed E-state index contributed by atoms with van der Waals surface area (Å²) in [6.07, 6.45) is 1.40. The average molecular weight is 300 g/mol. The minimum atomic E-state index is -0.236. The first kappa shape index (κ1) is 15.8. The van der Waals surface area contributed by atoms with Gasteiger partial charge in [-0.15, -0.1) is 0 Å². The molecule has 5 heteroatoms. The summed E-state index contributed by atoms with van der Waals surface area (Å²) in [5.74, 6) is 0.564. The number of hydrogen-bond acceptors (Lipinski definition) is 3. The van der Waals surface area contributed by atoms with Gasteiger partial charge in [0.05, 0.1) is 5.56 Å². The molecular weight excluding hydrogens is 280 g/mol. The van der Waals surface area contributed by atoms with Gasteiger partial charge in [-0.3, -0.25) is 9.59 Å². The Kier molecular flexibility index (Phi) is 4.65. The molecule has 22 heavy (non-hydrogen) atoms. The maximum Gasteiger partial charge on any atom is 0.253 e. The summed E-state index contributed by atoms with van der Waals surface area (Å²) in [6.45, 7) is 6.38. The van der Waals surface area contributed by atoms with Gasteiger partial charge in [0.2, 0.25) is 5.56 Å². The summed E-state index contributed by atoms with van der Waals surface area (Å²) in [5, 5.41) is 2.80. The van der Waals surface area contributed by atoms with Crippen molar-refractivity contribution in [2.24, 2.45) is 0 Å². The van der Waals surface area contributed by atoms with Crippen molar-refractivity contribution in [2.45, 2.75) is 32.9 Å². The van der Waals surface area contributed by atoms with Gasteiger partial charge in [-0.05, 0) is 44.5 Å². The second-order valence-electron chi connectivity index (χ2n) is 5.98. The monoisotopic (exact) mass is 300 g/mol. The minimum absolute atomic E-state index is 0.230. The van der Waals surface area contributed by atoms with Crippen molar-refractivity contribution in [2.75, 3.05) is 0 Å². The maximum atomic E-state index is 11.9. The summed E-state index contributed by atoms with van der Waals surface area (Å²) < 4.78 is 5.74. The van der Waals surface area contributed by atoms with Crippen LogP contribution in [0.1, 0.15) is 36.7 Å². The zero-order chi connectivity index (χ0) is 16.2. The summed E-state index contributed by atoms with van der Waals surface area (Å²) in [5.41, 5.74) is 0.928. The van der Waals surface area contributed by atoms with Crippen LogP contribution in [0, 0.1) is 0 Å². The second kappa shape index (κ2) is 6.47. The second-order valence-corrected chi connectivity index (χ2v) is 5.98. The molecule has 2 aromatic rings. The van der Waals surface area contributed by atoms with Crippen LogP contribution in [0.25, 0.3) is 0 Å². The normalized spacial score (nSPS) is 11.0. The van der Waals surface area contributed by atoms with E-state index in [4.69, 9.17) is 4.74 Å². The lowest BCUT2D eigenvalue weighted by Crippen LogP contribution is -2.24. The third kappa shape index (κ3) is 4.77. The molecular formula is C17H20N2O3. The molecule has 5 nitrogen and oxygen atoms in total. The van der Waals surface area contributed by atoms with E-state index >= 15 is 0 Å². The Morgan fingerprint density at radius 1 is 1.14 bits per heavy atom. The molecule has 0 fully saturated rings. The van der Waals surface area contributed by atoms with Crippen LogP contribution in [0.3, 0.4) is 0 Å². The summed E-state index contributed by atoms with van der Waals surface area (Å²) >= 11 is 0. The van der Waals surface area contributed by atoms with E-state index in [2.05, 4.69) is 10.3 Å². The Balaban J connectivity index is 1.93. The number of H-pyrrole nitrogens is 1. The average Bonchev–Trinajstić information content (AvgIpc) is 2.45. The Hall–Kier alpha value is -2.56. The summed E-state index contributed by atoms with van der Waals surface area (Å²) in [7, 11) is 0. The fourth-order valence-corrected chi connectivity index (χ4v) is 1.87. The van der Waals surface area contributed by atoms with E-state index in [1.807, 2.05) is 45.0 Å². The van der Waals surface area contributed by atoms with Crippen molar-refractivity contribution >= 4 is 5.91 Å². The lowest BCUT2D eigenvalue weighted by Gasteiger charge is -2.21. The van der Waals surface area contributed by atoms with Crippen LogP contribution in [-0.4, -0.2) is 16.5 Å². The Labute approximate surface area is 129 Å². The van der Waals surface area contributed by atoms with Gasteiger partial charge in [-0.2, -0.15) is 0 Å². The highest BCUT2D eigenvalue weighted by Crippen LogP contribution is 2.18. The van der Waals surface area contributed by atoms with Crippen molar-refractivity contribution in [3.63, 3.8) is 0 Å². The van der Waals surface area contributed by atoms with Crippen molar-refractivity contribution < 1.29 is 9.53 Å². The molecule has 0 saturated carbocycles. The lowest BCUT2D eigenvalue weighted by atomic mass is 10.1. The van der Waals surface area contributed by atoms with Gasteiger partial charge >= 0.3 is 0 Å². The van der Waals surface area contributed by atoms with Gasteiger partial charge in [-0.25, -0.2) is 0 Å². The number of aromatic amines is 1. The molecule has 0 atom stereocenters. The standard InChI is InChI=1S/C17H20N2O3/c1-17(2,3)22-14-7-4-12(5-8-14)10-19-16(21)13-6-9-15(20)18-11-13/h4-9,11H,10H2,1-3H3,(H,18,20)(H,19,21). The van der Waals surface area contributed by atoms with E-state index in [1.54, 1.807) is 0 Å². The van der Waals surface area contributed by atoms with E-state index in [0.29, 0.717) is 12.1 Å². The van der Waals surface area contributed by atoms with Crippen molar-refractivity contribution in [1.82, 2.24) is 10.3 Å². The van der Waals surface area contributed by atoms with Gasteiger partial charge in [0.1, 0.15) is 11.4 Å². The minimum Gasteiger partial charge on any atom is -0.488 e. The Bertz CT molecular complexity index is 677. The topological polar surface area (TPSA) is 71.2 Å². The van der Waals surface area contributed by atoms with Crippen molar-refractivity contribution in [3.8, 4) is 5.75 Å². The predicted molar refractivity (Wildman–Crippen MR) is 85.1 cm³/mol. The molecule has 116 valence electrons. The molecule has 2 rings (SSSR count). The molecule has 0 aliphatic rings. The smallest absolute Gasteiger partial charge is 0.253 e. The number of benzene rings is 1. The van der Waals surface area contributed by atoms with E-state index in [-0.39, 0.29) is 17.1 Å². The highest BCUT2D eigenvalue weighted by molar-refractivity contribution is 5.93. The fourth-order valence-electron chi connectivity index (χ4n) is 1.87. The number of rotatable bonds is 4. The van der Waals surface area contributed by atoms with Crippen LogP contribution >= 0.6 is 0 Å². The number of hydrogen-bond donors (Lipinski definition) is 2. The number of pyridine rings is 1. The zero-order valence-corrected chi connectivity index (χ0v) is 13.0. The van der Waals surface area contributed by atoms with Gasteiger partial charge in [0.15, 0.2) is 0 Å². The summed E-state index contributed by atoms with van der Waals surface area (Å²) in [4.78, 5) is 25.4. The molecule has 1 amide bonds. The number of carbonyl (C=O) groups is 1. The third-order valence-electron chi connectivity index (χ3n) is 2.85. The van der Waals surface area contributed by atoms with Gasteiger partial charge in [-0.1, -0.05) is 12.1 Å². The molecule has 2 N–H and O–H groups in total. The van der Waals surface area contributed by atoms with Gasteiger partial charge in [0, 0.05) is 18.8 Å². The third-order valence-corrected chi connectivity index (χ3v) is 2.85. The lowest BCUT2D eigenvalue weighted by molar-refractivity contribution is 0.0950. The summed E-state index contributed by atoms with van der Waals surface area (Å²) in [6, 6.07) is 10.4. The number of nitrogens with one attached hydrogen (secondary N) is 2. The van der Waals surface area contributed by atoms with Crippen LogP contribution in [0.5, 0.6) is 5.75 Å². The van der Waals surface area contributed by atoms with E-state index in [9.17, 15) is 9.59 Å². The van der Waals surface area contributed by atoms with Crippen molar-refractivity contribution in [1.29, 1.82) is 0 Å². The van der Waals surface area contributed by atoms with Crippen molar-refractivity contribution in [3.05, 3.63) is 64.1 Å². The maximum absolute atomic E-state index is 11.9. The Morgan fingerprint density at radius 3 is 2.36 bits per heavy atom. The molecule has 0 bridgehead atoms. The largest absolute Gasteiger partial charge is 0.488 e. The van der Waals surface area contributed by atoms with Crippen LogP contribution in [-0.2, 0) is 6.54 Å². The first-order valence-electron chi connectivity index (χ1n) is 7.08. The fraction of sp³-hybridized carbons (Fsp3) is 0.294. The molecule has 0 unspecified atom stereocenters. The highest BCUT2D eigenvalue weighted by atomic mass is 16.5. The van der Waals surface area contributed by atoms with Crippen LogP contribution < -0.4 is 15.6 Å². The SMILES string of the molecule is CC(C)(C)Oc1ccc(CNC(=O)c2ccc(=O)[nH]c2)cc1. The first-order valence-corrected chi connectivity index (χ1v) is 7.08. The number of carbonyl (C=O) groups excluding carboxylic acids is 1. The molecule has 1 aromatic heterocycles. The molecule has 0 saturated heterocycles. The molecule has 0 aliphatic carbocycles.